The van der Waals surface area contributed by atoms with Gasteiger partial charge in [-0.05, 0) is 30.6 Å². The standard InChI is InChI=1S/C23H49O3PS/c1-4-7-10-13-15-18-21-25-27(24,28-23-20-17-12-9-6-3)26-22-19-16-14-11-8-5-2/h4-23H2,1-3H3. The van der Waals surface area contributed by atoms with Crippen LogP contribution in [0.25, 0.3) is 0 Å². The Morgan fingerprint density at radius 3 is 1.32 bits per heavy atom. The van der Waals surface area contributed by atoms with E-state index in [0.717, 1.165) is 25.0 Å². The fourth-order valence-corrected chi connectivity index (χ4v) is 6.55. The minimum Gasteiger partial charge on any atom is -0.301 e. The second kappa shape index (κ2) is 22.2. The number of hydrogen-bond acceptors (Lipinski definition) is 4. The topological polar surface area (TPSA) is 35.5 Å². The highest BCUT2D eigenvalue weighted by Gasteiger charge is 2.25. The fraction of sp³-hybridized carbons (Fsp3) is 1.00. The first-order chi connectivity index (χ1) is 13.7. The quantitative estimate of drug-likeness (QED) is 0.118. The van der Waals surface area contributed by atoms with E-state index in [-0.39, 0.29) is 0 Å². The van der Waals surface area contributed by atoms with Crippen molar-refractivity contribution in [3.8, 4) is 0 Å². The van der Waals surface area contributed by atoms with Crippen molar-refractivity contribution in [1.82, 2.24) is 0 Å². The third kappa shape index (κ3) is 19.8. The van der Waals surface area contributed by atoms with Gasteiger partial charge in [0.05, 0.1) is 13.2 Å². The number of hydrogen-bond donors (Lipinski definition) is 0. The molecule has 0 bridgehead atoms. The average Bonchev–Trinajstić information content (AvgIpc) is 2.69. The van der Waals surface area contributed by atoms with Gasteiger partial charge in [0.2, 0.25) is 0 Å². The van der Waals surface area contributed by atoms with Gasteiger partial charge in [-0.1, -0.05) is 111 Å². The summed E-state index contributed by atoms with van der Waals surface area (Å²) in [6, 6.07) is 0. The predicted octanol–water partition coefficient (Wildman–Crippen LogP) is 9.55. The van der Waals surface area contributed by atoms with Crippen LogP contribution in [0.4, 0.5) is 0 Å². The van der Waals surface area contributed by atoms with E-state index in [1.165, 1.54) is 101 Å². The summed E-state index contributed by atoms with van der Waals surface area (Å²) in [5.41, 5.74) is 0. The van der Waals surface area contributed by atoms with Crippen LogP contribution in [-0.4, -0.2) is 19.0 Å². The van der Waals surface area contributed by atoms with Gasteiger partial charge < -0.3 is 9.05 Å². The van der Waals surface area contributed by atoms with Gasteiger partial charge in [0.1, 0.15) is 0 Å². The Labute approximate surface area is 180 Å². The molecule has 0 rings (SSSR count). The van der Waals surface area contributed by atoms with Gasteiger partial charge in [-0.15, -0.1) is 0 Å². The third-order valence-corrected chi connectivity index (χ3v) is 8.91. The van der Waals surface area contributed by atoms with Gasteiger partial charge in [-0.2, -0.15) is 0 Å². The van der Waals surface area contributed by atoms with Gasteiger partial charge in [0, 0.05) is 5.75 Å². The molecule has 3 nitrogen and oxygen atoms in total. The van der Waals surface area contributed by atoms with Crippen molar-refractivity contribution in [2.75, 3.05) is 19.0 Å². The molecule has 170 valence electrons. The Kier molecular flexibility index (Phi) is 22.6. The molecule has 5 heteroatoms. The zero-order chi connectivity index (χ0) is 20.8. The Bertz CT molecular complexity index is 331. The first-order valence-corrected chi connectivity index (χ1v) is 15.4. The molecule has 0 unspecified atom stereocenters. The van der Waals surface area contributed by atoms with Crippen LogP contribution in [0.3, 0.4) is 0 Å². The highest BCUT2D eigenvalue weighted by atomic mass is 32.7. The van der Waals surface area contributed by atoms with Gasteiger partial charge in [-0.25, -0.2) is 4.57 Å². The Balaban J connectivity index is 4.04. The van der Waals surface area contributed by atoms with Crippen molar-refractivity contribution in [2.24, 2.45) is 0 Å². The van der Waals surface area contributed by atoms with E-state index in [0.29, 0.717) is 13.2 Å². The predicted molar refractivity (Wildman–Crippen MR) is 127 cm³/mol. The van der Waals surface area contributed by atoms with Crippen LogP contribution in [-0.2, 0) is 13.6 Å². The summed E-state index contributed by atoms with van der Waals surface area (Å²) < 4.78 is 24.7. The van der Waals surface area contributed by atoms with Gasteiger partial charge in [0.25, 0.3) is 0 Å². The van der Waals surface area contributed by atoms with Crippen molar-refractivity contribution in [2.45, 2.75) is 130 Å². The lowest BCUT2D eigenvalue weighted by molar-refractivity contribution is 0.212. The summed E-state index contributed by atoms with van der Waals surface area (Å²) in [6.07, 6.45) is 20.8. The van der Waals surface area contributed by atoms with Crippen molar-refractivity contribution in [1.29, 1.82) is 0 Å². The van der Waals surface area contributed by atoms with Gasteiger partial charge >= 0.3 is 6.80 Å². The van der Waals surface area contributed by atoms with E-state index >= 15 is 0 Å². The third-order valence-electron chi connectivity index (χ3n) is 4.99. The molecule has 0 aliphatic carbocycles. The summed E-state index contributed by atoms with van der Waals surface area (Å²) >= 11 is 1.44. The lowest BCUT2D eigenvalue weighted by Gasteiger charge is -2.18. The molecule has 0 saturated carbocycles. The molecule has 0 aromatic carbocycles. The van der Waals surface area contributed by atoms with E-state index in [2.05, 4.69) is 20.8 Å². The molecule has 0 amide bonds. The molecule has 0 heterocycles. The molecular weight excluding hydrogens is 387 g/mol. The second-order valence-electron chi connectivity index (χ2n) is 7.90. The van der Waals surface area contributed by atoms with Gasteiger partial charge in [-0.3, -0.25) is 0 Å². The molecule has 0 saturated heterocycles. The lowest BCUT2D eigenvalue weighted by Crippen LogP contribution is -1.99. The maximum Gasteiger partial charge on any atom is 0.389 e. The van der Waals surface area contributed by atoms with Crippen LogP contribution in [0, 0.1) is 0 Å². The summed E-state index contributed by atoms with van der Waals surface area (Å²) in [4.78, 5) is 0. The smallest absolute Gasteiger partial charge is 0.301 e. The summed E-state index contributed by atoms with van der Waals surface area (Å²) in [7, 11) is 0. The SMILES string of the molecule is CCCCCCCCOP(=O)(OCCCCCCCC)SCCCCCCC. The van der Waals surface area contributed by atoms with Crippen LogP contribution in [0.5, 0.6) is 0 Å². The minimum atomic E-state index is -2.98. The summed E-state index contributed by atoms with van der Waals surface area (Å²) in [5, 5.41) is 0. The molecule has 0 fully saturated rings. The molecule has 0 aliphatic heterocycles. The molecule has 28 heavy (non-hydrogen) atoms. The molecule has 0 aromatic heterocycles. The fourth-order valence-electron chi connectivity index (χ4n) is 3.11. The maximum atomic E-state index is 13.1. The Morgan fingerprint density at radius 2 is 0.893 bits per heavy atom. The maximum absolute atomic E-state index is 13.1. The van der Waals surface area contributed by atoms with Crippen molar-refractivity contribution >= 4 is 18.2 Å². The van der Waals surface area contributed by atoms with Crippen molar-refractivity contribution in [3.63, 3.8) is 0 Å². The highest BCUT2D eigenvalue weighted by molar-refractivity contribution is 8.55. The van der Waals surface area contributed by atoms with Crippen molar-refractivity contribution < 1.29 is 13.6 Å². The zero-order valence-electron chi connectivity index (χ0n) is 19.2. The Hall–Kier alpha value is 0.500. The van der Waals surface area contributed by atoms with Crippen LogP contribution in [0.1, 0.15) is 130 Å². The molecule has 0 spiro atoms. The van der Waals surface area contributed by atoms with E-state index in [9.17, 15) is 4.57 Å². The van der Waals surface area contributed by atoms with Crippen LogP contribution >= 0.6 is 18.2 Å². The average molecular weight is 437 g/mol. The normalized spacial score (nSPS) is 12.0. The van der Waals surface area contributed by atoms with Gasteiger partial charge in [0.15, 0.2) is 0 Å². The van der Waals surface area contributed by atoms with E-state index < -0.39 is 6.80 Å². The first-order valence-electron chi connectivity index (χ1n) is 12.2. The Morgan fingerprint density at radius 1 is 0.536 bits per heavy atom. The monoisotopic (exact) mass is 436 g/mol. The summed E-state index contributed by atoms with van der Waals surface area (Å²) in [6.45, 7) is 4.87. The van der Waals surface area contributed by atoms with Crippen LogP contribution < -0.4 is 0 Å². The largest absolute Gasteiger partial charge is 0.389 e. The molecule has 0 aromatic rings. The van der Waals surface area contributed by atoms with E-state index in [1.54, 1.807) is 0 Å². The molecule has 0 aliphatic rings. The van der Waals surface area contributed by atoms with Crippen LogP contribution in [0.15, 0.2) is 0 Å². The molecule has 0 atom stereocenters. The number of rotatable bonds is 23. The number of unbranched alkanes of at least 4 members (excludes halogenated alkanes) is 14. The minimum absolute atomic E-state index is 0.572. The second-order valence-corrected chi connectivity index (χ2v) is 12.1. The molecular formula is C23H49O3PS. The lowest BCUT2D eigenvalue weighted by atomic mass is 10.1. The zero-order valence-corrected chi connectivity index (χ0v) is 20.9. The molecule has 0 radical (unpaired) electrons. The molecule has 0 N–H and O–H groups in total. The summed E-state index contributed by atoms with van der Waals surface area (Å²) in [5.74, 6) is 0.883. The van der Waals surface area contributed by atoms with E-state index in [4.69, 9.17) is 9.05 Å². The van der Waals surface area contributed by atoms with Crippen LogP contribution in [0.2, 0.25) is 0 Å². The van der Waals surface area contributed by atoms with E-state index in [1.807, 2.05) is 0 Å². The van der Waals surface area contributed by atoms with Crippen molar-refractivity contribution in [3.05, 3.63) is 0 Å². The highest BCUT2D eigenvalue weighted by Crippen LogP contribution is 2.61. The first kappa shape index (κ1) is 28.5.